The Morgan fingerprint density at radius 1 is 1.00 bits per heavy atom. The van der Waals surface area contributed by atoms with Gasteiger partial charge in [-0.15, -0.1) is 0 Å². The first-order valence-electron chi connectivity index (χ1n) is 8.97. The first kappa shape index (κ1) is 16.0. The lowest BCUT2D eigenvalue weighted by Crippen LogP contribution is -2.43. The Morgan fingerprint density at radius 2 is 1.78 bits per heavy atom. The summed E-state index contributed by atoms with van der Waals surface area (Å²) in [4.78, 5) is 19.1. The monoisotopic (exact) mass is 363 g/mol. The molecule has 1 aliphatic heterocycles. The number of rotatable bonds is 2. The number of aromatic nitrogens is 3. The van der Waals surface area contributed by atoms with Gasteiger partial charge in [0.05, 0.1) is 22.3 Å². The van der Waals surface area contributed by atoms with Crippen LogP contribution in [0, 0.1) is 5.82 Å². The van der Waals surface area contributed by atoms with E-state index in [4.69, 9.17) is 0 Å². The lowest BCUT2D eigenvalue weighted by Gasteiger charge is -2.29. The summed E-state index contributed by atoms with van der Waals surface area (Å²) in [6.45, 7) is 3.17. The van der Waals surface area contributed by atoms with Gasteiger partial charge >= 0.3 is 0 Å². The molecule has 0 bridgehead atoms. The maximum Gasteiger partial charge on any atom is 0.280 e. The highest BCUT2D eigenvalue weighted by Crippen LogP contribution is 2.29. The van der Waals surface area contributed by atoms with Crippen molar-refractivity contribution >= 4 is 27.5 Å². The van der Waals surface area contributed by atoms with Gasteiger partial charge in [0.2, 0.25) is 0 Å². The molecule has 2 aromatic carbocycles. The normalized spacial score (nSPS) is 14.9. The van der Waals surface area contributed by atoms with Crippen molar-refractivity contribution in [2.45, 2.75) is 0 Å². The lowest BCUT2D eigenvalue weighted by atomic mass is 10.1. The highest BCUT2D eigenvalue weighted by Gasteiger charge is 2.19. The number of aromatic amines is 1. The fraction of sp³-hybridized carbons (Fsp3) is 0.200. The molecule has 7 heteroatoms. The molecule has 0 saturated carbocycles. The number of nitrogens with one attached hydrogen (secondary N) is 2. The average molecular weight is 363 g/mol. The molecule has 1 fully saturated rings. The quantitative estimate of drug-likeness (QED) is 0.574. The lowest BCUT2D eigenvalue weighted by molar-refractivity contribution is 0.569. The predicted octanol–water partition coefficient (Wildman–Crippen LogP) is 2.42. The van der Waals surface area contributed by atoms with Crippen molar-refractivity contribution in [2.75, 3.05) is 31.1 Å². The predicted molar refractivity (Wildman–Crippen MR) is 104 cm³/mol. The number of halogens is 1. The van der Waals surface area contributed by atoms with Crippen LogP contribution in [-0.2, 0) is 0 Å². The largest absolute Gasteiger partial charge is 0.367 e. The smallest absolute Gasteiger partial charge is 0.280 e. The number of para-hydroxylation sites is 1. The molecule has 0 spiro atoms. The summed E-state index contributed by atoms with van der Waals surface area (Å²) in [5.74, 6) is -0.343. The fourth-order valence-electron chi connectivity index (χ4n) is 3.70. The minimum absolute atomic E-state index is 0.197. The van der Waals surface area contributed by atoms with Crippen LogP contribution in [0.5, 0.6) is 0 Å². The molecule has 0 aliphatic carbocycles. The van der Waals surface area contributed by atoms with E-state index in [2.05, 4.69) is 15.4 Å². The highest BCUT2D eigenvalue weighted by molar-refractivity contribution is 6.04. The molecule has 2 aromatic heterocycles. The second-order valence-corrected chi connectivity index (χ2v) is 6.67. The Kier molecular flexibility index (Phi) is 3.68. The van der Waals surface area contributed by atoms with Crippen LogP contribution >= 0.6 is 0 Å². The Morgan fingerprint density at radius 3 is 2.56 bits per heavy atom. The maximum absolute atomic E-state index is 15.2. The van der Waals surface area contributed by atoms with E-state index < -0.39 is 0 Å². The Balaban J connectivity index is 1.71. The molecule has 3 heterocycles. The van der Waals surface area contributed by atoms with E-state index in [1.807, 2.05) is 41.3 Å². The Hall–Kier alpha value is -3.19. The summed E-state index contributed by atoms with van der Waals surface area (Å²) in [7, 11) is 0. The summed E-state index contributed by atoms with van der Waals surface area (Å²) >= 11 is 0. The van der Waals surface area contributed by atoms with Gasteiger partial charge in [-0.05, 0) is 24.3 Å². The molecule has 5 rings (SSSR count). The minimum atomic E-state index is -0.343. The Labute approximate surface area is 154 Å². The standard InChI is InChI=1S/C20H18FN5O/c21-17-16(25-10-8-22-9-11-25)7-6-14-18-15(12-23-19(14)17)20(27)26(24-18)13-4-2-1-3-5-13/h1-7,12,22,24H,8-11H2. The third-order valence-corrected chi connectivity index (χ3v) is 5.09. The van der Waals surface area contributed by atoms with E-state index in [0.29, 0.717) is 22.0 Å². The van der Waals surface area contributed by atoms with Gasteiger partial charge in [0.1, 0.15) is 5.52 Å². The van der Waals surface area contributed by atoms with E-state index in [1.165, 1.54) is 10.9 Å². The van der Waals surface area contributed by atoms with Crippen molar-refractivity contribution < 1.29 is 4.39 Å². The van der Waals surface area contributed by atoms with Gasteiger partial charge in [0, 0.05) is 37.8 Å². The topological polar surface area (TPSA) is 66.0 Å². The molecule has 0 unspecified atom stereocenters. The van der Waals surface area contributed by atoms with Crippen LogP contribution in [0.15, 0.2) is 53.5 Å². The van der Waals surface area contributed by atoms with Crippen molar-refractivity contribution in [3.05, 3.63) is 64.8 Å². The third-order valence-electron chi connectivity index (χ3n) is 5.09. The van der Waals surface area contributed by atoms with Crippen molar-refractivity contribution in [1.29, 1.82) is 0 Å². The molecule has 6 nitrogen and oxygen atoms in total. The van der Waals surface area contributed by atoms with Gasteiger partial charge in [-0.1, -0.05) is 18.2 Å². The van der Waals surface area contributed by atoms with Crippen LogP contribution in [0.3, 0.4) is 0 Å². The number of piperazine rings is 1. The molecule has 27 heavy (non-hydrogen) atoms. The number of fused-ring (bicyclic) bond motifs is 3. The number of nitrogens with zero attached hydrogens (tertiary/aromatic N) is 3. The summed E-state index contributed by atoms with van der Waals surface area (Å²) in [5.41, 5.74) is 1.96. The summed E-state index contributed by atoms with van der Waals surface area (Å²) in [5, 5.41) is 7.44. The summed E-state index contributed by atoms with van der Waals surface area (Å²) in [6.07, 6.45) is 1.46. The maximum atomic E-state index is 15.2. The summed E-state index contributed by atoms with van der Waals surface area (Å²) in [6, 6.07) is 12.9. The number of pyridine rings is 1. The van der Waals surface area contributed by atoms with Gasteiger partial charge < -0.3 is 10.2 Å². The van der Waals surface area contributed by atoms with Crippen LogP contribution in [0.2, 0.25) is 0 Å². The van der Waals surface area contributed by atoms with Gasteiger partial charge in [-0.2, -0.15) is 0 Å². The van der Waals surface area contributed by atoms with Crippen LogP contribution in [0.25, 0.3) is 27.5 Å². The van der Waals surface area contributed by atoms with Gasteiger partial charge in [0.25, 0.3) is 5.56 Å². The van der Waals surface area contributed by atoms with Crippen molar-refractivity contribution in [2.24, 2.45) is 0 Å². The van der Waals surface area contributed by atoms with Crippen molar-refractivity contribution in [3.8, 4) is 5.69 Å². The zero-order valence-corrected chi connectivity index (χ0v) is 14.6. The second kappa shape index (κ2) is 6.21. The first-order valence-corrected chi connectivity index (χ1v) is 8.97. The number of H-pyrrole nitrogens is 1. The van der Waals surface area contributed by atoms with Crippen molar-refractivity contribution in [3.63, 3.8) is 0 Å². The van der Waals surface area contributed by atoms with Gasteiger partial charge in [-0.3, -0.25) is 14.9 Å². The summed E-state index contributed by atoms with van der Waals surface area (Å²) < 4.78 is 16.7. The van der Waals surface area contributed by atoms with E-state index >= 15 is 4.39 Å². The highest BCUT2D eigenvalue weighted by atomic mass is 19.1. The zero-order chi connectivity index (χ0) is 18.4. The first-order chi connectivity index (χ1) is 13.2. The van der Waals surface area contributed by atoms with E-state index in [-0.39, 0.29) is 16.9 Å². The second-order valence-electron chi connectivity index (χ2n) is 6.67. The molecule has 1 aliphatic rings. The number of hydrogen-bond acceptors (Lipinski definition) is 4. The van der Waals surface area contributed by atoms with E-state index in [0.717, 1.165) is 31.9 Å². The molecule has 4 aromatic rings. The molecular formula is C20H18FN5O. The SMILES string of the molecule is O=c1c2cnc3c(F)c(N4CCNCC4)ccc3c2[nH]n1-c1ccccc1. The molecule has 2 N–H and O–H groups in total. The van der Waals surface area contributed by atoms with Crippen LogP contribution < -0.4 is 15.8 Å². The fourth-order valence-corrected chi connectivity index (χ4v) is 3.70. The third kappa shape index (κ3) is 2.50. The molecule has 0 radical (unpaired) electrons. The molecule has 136 valence electrons. The number of benzene rings is 2. The average Bonchev–Trinajstić information content (AvgIpc) is 3.07. The molecular weight excluding hydrogens is 345 g/mol. The van der Waals surface area contributed by atoms with Gasteiger partial charge in [0.15, 0.2) is 5.82 Å². The van der Waals surface area contributed by atoms with Crippen LogP contribution in [0.1, 0.15) is 0 Å². The van der Waals surface area contributed by atoms with E-state index in [1.54, 1.807) is 6.07 Å². The number of hydrogen-bond donors (Lipinski definition) is 2. The zero-order valence-electron chi connectivity index (χ0n) is 14.6. The van der Waals surface area contributed by atoms with Crippen LogP contribution in [-0.4, -0.2) is 40.9 Å². The number of anilines is 1. The van der Waals surface area contributed by atoms with Crippen molar-refractivity contribution in [1.82, 2.24) is 20.1 Å². The Bertz CT molecular complexity index is 1190. The van der Waals surface area contributed by atoms with Gasteiger partial charge in [-0.25, -0.2) is 9.07 Å². The molecule has 0 atom stereocenters. The van der Waals surface area contributed by atoms with Crippen LogP contribution in [0.4, 0.5) is 10.1 Å². The van der Waals surface area contributed by atoms with E-state index in [9.17, 15) is 4.79 Å². The minimum Gasteiger partial charge on any atom is -0.367 e. The molecule has 0 amide bonds. The molecule has 1 saturated heterocycles.